The van der Waals surface area contributed by atoms with Crippen molar-refractivity contribution in [1.82, 2.24) is 0 Å². The molecule has 0 saturated carbocycles. The Hall–Kier alpha value is -1.26. The second-order valence-electron chi connectivity index (χ2n) is 4.06. The number of amides is 1. The zero-order chi connectivity index (χ0) is 13.7. The Balaban J connectivity index is 2.59. The molecule has 0 bridgehead atoms. The number of hydrogen-bond donors (Lipinski definition) is 2. The first-order valence-corrected chi connectivity index (χ1v) is 6.11. The van der Waals surface area contributed by atoms with Gasteiger partial charge in [-0.05, 0) is 18.1 Å². The van der Waals surface area contributed by atoms with Gasteiger partial charge in [0.15, 0.2) is 0 Å². The highest BCUT2D eigenvalue weighted by molar-refractivity contribution is 6.43. The predicted octanol–water partition coefficient (Wildman–Crippen LogP) is 3.43. The smallest absolute Gasteiger partial charge is 0.303 e. The molecule has 98 valence electrons. The summed E-state index contributed by atoms with van der Waals surface area (Å²) in [5.74, 6) is -1.44. The quantitative estimate of drug-likeness (QED) is 0.873. The fraction of sp³-hybridized carbons (Fsp3) is 0.333. The van der Waals surface area contributed by atoms with E-state index in [0.29, 0.717) is 10.7 Å². The van der Waals surface area contributed by atoms with Crippen LogP contribution in [0.5, 0.6) is 0 Å². The van der Waals surface area contributed by atoms with Gasteiger partial charge in [0.05, 0.1) is 15.7 Å². The fourth-order valence-corrected chi connectivity index (χ4v) is 1.84. The predicted molar refractivity (Wildman–Crippen MR) is 71.1 cm³/mol. The summed E-state index contributed by atoms with van der Waals surface area (Å²) in [5.41, 5.74) is 0.427. The van der Waals surface area contributed by atoms with E-state index in [-0.39, 0.29) is 29.7 Å². The first-order valence-electron chi connectivity index (χ1n) is 5.35. The highest BCUT2D eigenvalue weighted by Crippen LogP contribution is 2.29. The minimum atomic E-state index is -0.920. The monoisotopic (exact) mass is 289 g/mol. The maximum Gasteiger partial charge on any atom is 0.303 e. The van der Waals surface area contributed by atoms with E-state index in [4.69, 9.17) is 28.3 Å². The molecule has 0 fully saturated rings. The Bertz CT molecular complexity index is 463. The summed E-state index contributed by atoms with van der Waals surface area (Å²) in [6, 6.07) is 4.92. The van der Waals surface area contributed by atoms with Crippen LogP contribution in [-0.4, -0.2) is 17.0 Å². The molecule has 0 aliphatic rings. The van der Waals surface area contributed by atoms with E-state index in [9.17, 15) is 9.59 Å². The standard InChI is InChI=1S/C12H13Cl2NO3/c1-7(6-11(17)18)5-10(16)15-9-4-2-3-8(13)12(9)14/h2-4,7H,5-6H2,1H3,(H,15,16)(H,17,18)/t7-/m0/s1. The molecule has 1 rings (SSSR count). The fourth-order valence-electron chi connectivity index (χ4n) is 1.49. The summed E-state index contributed by atoms with van der Waals surface area (Å²) in [6.07, 6.45) is 0.0752. The Labute approximate surface area is 115 Å². The van der Waals surface area contributed by atoms with Crippen LogP contribution in [0.3, 0.4) is 0 Å². The minimum Gasteiger partial charge on any atom is -0.481 e. The van der Waals surface area contributed by atoms with Gasteiger partial charge in [0.1, 0.15) is 0 Å². The van der Waals surface area contributed by atoms with Crippen LogP contribution in [0.25, 0.3) is 0 Å². The van der Waals surface area contributed by atoms with Gasteiger partial charge in [0.2, 0.25) is 5.91 Å². The summed E-state index contributed by atoms with van der Waals surface area (Å²) in [7, 11) is 0. The summed E-state index contributed by atoms with van der Waals surface area (Å²) in [5, 5.41) is 11.8. The van der Waals surface area contributed by atoms with Crippen molar-refractivity contribution in [1.29, 1.82) is 0 Å². The number of benzene rings is 1. The minimum absolute atomic E-state index is 0.0449. The van der Waals surface area contributed by atoms with Gasteiger partial charge in [-0.25, -0.2) is 0 Å². The molecule has 2 N–H and O–H groups in total. The second kappa shape index (κ2) is 6.61. The van der Waals surface area contributed by atoms with E-state index in [2.05, 4.69) is 5.32 Å². The molecule has 4 nitrogen and oxygen atoms in total. The Morgan fingerprint density at radius 1 is 1.33 bits per heavy atom. The Kier molecular flexibility index (Phi) is 5.44. The average molecular weight is 290 g/mol. The molecule has 1 atom stereocenters. The molecule has 6 heteroatoms. The van der Waals surface area contributed by atoms with Crippen molar-refractivity contribution in [2.24, 2.45) is 5.92 Å². The van der Waals surface area contributed by atoms with Crippen LogP contribution in [0, 0.1) is 5.92 Å². The number of rotatable bonds is 5. The molecule has 18 heavy (non-hydrogen) atoms. The van der Waals surface area contributed by atoms with Crippen LogP contribution >= 0.6 is 23.2 Å². The van der Waals surface area contributed by atoms with Crippen molar-refractivity contribution < 1.29 is 14.7 Å². The number of carbonyl (C=O) groups excluding carboxylic acids is 1. The summed E-state index contributed by atoms with van der Waals surface area (Å²) in [6.45, 7) is 1.70. The number of hydrogen-bond acceptors (Lipinski definition) is 2. The van der Waals surface area contributed by atoms with E-state index < -0.39 is 5.97 Å². The van der Waals surface area contributed by atoms with Crippen molar-refractivity contribution in [3.05, 3.63) is 28.2 Å². The van der Waals surface area contributed by atoms with Gasteiger partial charge < -0.3 is 10.4 Å². The van der Waals surface area contributed by atoms with E-state index in [1.54, 1.807) is 25.1 Å². The van der Waals surface area contributed by atoms with Crippen LogP contribution in [0.15, 0.2) is 18.2 Å². The topological polar surface area (TPSA) is 66.4 Å². The van der Waals surface area contributed by atoms with E-state index >= 15 is 0 Å². The van der Waals surface area contributed by atoms with Crippen LogP contribution in [0.2, 0.25) is 10.0 Å². The number of aliphatic carboxylic acids is 1. The summed E-state index contributed by atoms with van der Waals surface area (Å²) >= 11 is 11.7. The number of carbonyl (C=O) groups is 2. The summed E-state index contributed by atoms with van der Waals surface area (Å²) in [4.78, 5) is 22.1. The Morgan fingerprint density at radius 3 is 2.61 bits per heavy atom. The molecule has 1 aromatic carbocycles. The van der Waals surface area contributed by atoms with Crippen LogP contribution < -0.4 is 5.32 Å². The lowest BCUT2D eigenvalue weighted by molar-refractivity contribution is -0.138. The van der Waals surface area contributed by atoms with Gasteiger partial charge in [-0.15, -0.1) is 0 Å². The molecule has 0 radical (unpaired) electrons. The highest BCUT2D eigenvalue weighted by Gasteiger charge is 2.14. The van der Waals surface area contributed by atoms with Crippen LogP contribution in [0.4, 0.5) is 5.69 Å². The molecule has 0 unspecified atom stereocenters. The van der Waals surface area contributed by atoms with Crippen molar-refractivity contribution in [2.45, 2.75) is 19.8 Å². The van der Waals surface area contributed by atoms with Gasteiger partial charge >= 0.3 is 5.97 Å². The molecule has 0 aliphatic heterocycles. The largest absolute Gasteiger partial charge is 0.481 e. The normalized spacial score (nSPS) is 11.9. The molecular weight excluding hydrogens is 277 g/mol. The van der Waals surface area contributed by atoms with Crippen LogP contribution in [-0.2, 0) is 9.59 Å². The number of carboxylic acid groups (broad SMARTS) is 1. The maximum atomic E-state index is 11.7. The van der Waals surface area contributed by atoms with Gasteiger partial charge in [-0.1, -0.05) is 36.2 Å². The van der Waals surface area contributed by atoms with E-state index in [0.717, 1.165) is 0 Å². The molecule has 0 aliphatic carbocycles. The first kappa shape index (κ1) is 14.8. The van der Waals surface area contributed by atoms with E-state index in [1.165, 1.54) is 0 Å². The van der Waals surface area contributed by atoms with Gasteiger partial charge in [-0.3, -0.25) is 9.59 Å². The third-order valence-corrected chi connectivity index (χ3v) is 3.10. The number of carboxylic acids is 1. The van der Waals surface area contributed by atoms with Crippen molar-refractivity contribution >= 4 is 40.8 Å². The average Bonchev–Trinajstić information content (AvgIpc) is 2.23. The zero-order valence-electron chi connectivity index (χ0n) is 9.74. The Morgan fingerprint density at radius 2 is 2.00 bits per heavy atom. The molecule has 1 amide bonds. The lowest BCUT2D eigenvalue weighted by Gasteiger charge is -2.11. The number of halogens is 2. The zero-order valence-corrected chi connectivity index (χ0v) is 11.3. The molecule has 0 saturated heterocycles. The molecule has 0 heterocycles. The number of anilines is 1. The first-order chi connectivity index (χ1) is 8.40. The van der Waals surface area contributed by atoms with Crippen LogP contribution in [0.1, 0.15) is 19.8 Å². The van der Waals surface area contributed by atoms with E-state index in [1.807, 2.05) is 0 Å². The van der Waals surface area contributed by atoms with Gasteiger partial charge in [-0.2, -0.15) is 0 Å². The lowest BCUT2D eigenvalue weighted by Crippen LogP contribution is -2.17. The second-order valence-corrected chi connectivity index (χ2v) is 4.84. The van der Waals surface area contributed by atoms with Crippen molar-refractivity contribution in [3.63, 3.8) is 0 Å². The SMILES string of the molecule is C[C@H](CC(=O)O)CC(=O)Nc1cccc(Cl)c1Cl. The van der Waals surface area contributed by atoms with Gasteiger partial charge in [0.25, 0.3) is 0 Å². The third-order valence-electron chi connectivity index (χ3n) is 2.28. The van der Waals surface area contributed by atoms with Gasteiger partial charge in [0, 0.05) is 12.8 Å². The number of nitrogens with one attached hydrogen (secondary N) is 1. The summed E-state index contributed by atoms with van der Waals surface area (Å²) < 4.78 is 0. The van der Waals surface area contributed by atoms with Crippen molar-refractivity contribution in [3.8, 4) is 0 Å². The molecule has 1 aromatic rings. The lowest BCUT2D eigenvalue weighted by atomic mass is 10.0. The molecular formula is C12H13Cl2NO3. The maximum absolute atomic E-state index is 11.7. The third kappa shape index (κ3) is 4.55. The molecule has 0 aromatic heterocycles. The van der Waals surface area contributed by atoms with Crippen molar-refractivity contribution in [2.75, 3.05) is 5.32 Å². The highest BCUT2D eigenvalue weighted by atomic mass is 35.5. The molecule has 0 spiro atoms.